The van der Waals surface area contributed by atoms with Gasteiger partial charge in [-0.1, -0.05) is 36.4 Å². The van der Waals surface area contributed by atoms with Gasteiger partial charge in [0, 0.05) is 0 Å². The predicted molar refractivity (Wildman–Crippen MR) is 115 cm³/mol. The van der Waals surface area contributed by atoms with E-state index in [2.05, 4.69) is 5.32 Å². The summed E-state index contributed by atoms with van der Waals surface area (Å²) < 4.78 is 10.9. The Balaban J connectivity index is 1.68. The summed E-state index contributed by atoms with van der Waals surface area (Å²) in [6.45, 7) is 0.351. The molecule has 0 radical (unpaired) electrons. The molecule has 3 aromatic rings. The molecule has 0 fully saturated rings. The SMILES string of the molecule is COc1cccc(COc2ccc(C=C(NC(=O)c3ccccc3O)C(=O)O)cc2)c1. The molecule has 0 aliphatic carbocycles. The van der Waals surface area contributed by atoms with Gasteiger partial charge in [0.05, 0.1) is 12.7 Å². The summed E-state index contributed by atoms with van der Waals surface area (Å²) in [5.74, 6) is -0.905. The summed E-state index contributed by atoms with van der Waals surface area (Å²) in [6.07, 6.45) is 1.33. The van der Waals surface area contributed by atoms with E-state index in [1.165, 1.54) is 18.2 Å². The van der Waals surface area contributed by atoms with Crippen LogP contribution in [0.2, 0.25) is 0 Å². The maximum atomic E-state index is 12.3. The fraction of sp³-hybridized carbons (Fsp3) is 0.0833. The number of carboxylic acid groups (broad SMARTS) is 1. The number of methoxy groups -OCH3 is 1. The van der Waals surface area contributed by atoms with Crippen molar-refractivity contribution in [3.05, 3.63) is 95.2 Å². The summed E-state index contributed by atoms with van der Waals surface area (Å²) >= 11 is 0. The first-order valence-electron chi connectivity index (χ1n) is 9.36. The Morgan fingerprint density at radius 1 is 0.968 bits per heavy atom. The zero-order valence-corrected chi connectivity index (χ0v) is 16.7. The number of hydrogen-bond acceptors (Lipinski definition) is 5. The van der Waals surface area contributed by atoms with Gasteiger partial charge in [0.25, 0.3) is 5.91 Å². The Hall–Kier alpha value is -4.26. The van der Waals surface area contributed by atoms with Gasteiger partial charge >= 0.3 is 5.97 Å². The Morgan fingerprint density at radius 2 is 1.71 bits per heavy atom. The highest BCUT2D eigenvalue weighted by Crippen LogP contribution is 2.19. The molecule has 3 aromatic carbocycles. The molecule has 0 unspecified atom stereocenters. The second-order valence-electron chi connectivity index (χ2n) is 6.54. The minimum Gasteiger partial charge on any atom is -0.507 e. The summed E-state index contributed by atoms with van der Waals surface area (Å²) in [7, 11) is 1.60. The lowest BCUT2D eigenvalue weighted by molar-refractivity contribution is -0.132. The van der Waals surface area contributed by atoms with Crippen LogP contribution < -0.4 is 14.8 Å². The van der Waals surface area contributed by atoms with E-state index in [4.69, 9.17) is 9.47 Å². The van der Waals surface area contributed by atoms with Crippen molar-refractivity contribution in [2.24, 2.45) is 0 Å². The third-order valence-electron chi connectivity index (χ3n) is 4.36. The van der Waals surface area contributed by atoms with E-state index in [1.807, 2.05) is 24.3 Å². The van der Waals surface area contributed by atoms with Crippen LogP contribution >= 0.6 is 0 Å². The van der Waals surface area contributed by atoms with E-state index in [9.17, 15) is 19.8 Å². The molecule has 158 valence electrons. The lowest BCUT2D eigenvalue weighted by Gasteiger charge is -2.09. The highest BCUT2D eigenvalue weighted by Gasteiger charge is 2.16. The molecule has 7 heteroatoms. The van der Waals surface area contributed by atoms with Gasteiger partial charge in [0.1, 0.15) is 29.6 Å². The summed E-state index contributed by atoms with van der Waals surface area (Å²) in [6, 6.07) is 20.2. The third kappa shape index (κ3) is 5.86. The van der Waals surface area contributed by atoms with Crippen LogP contribution in [0.15, 0.2) is 78.5 Å². The van der Waals surface area contributed by atoms with Gasteiger partial charge in [-0.15, -0.1) is 0 Å². The molecule has 0 aliphatic rings. The zero-order valence-electron chi connectivity index (χ0n) is 16.7. The van der Waals surface area contributed by atoms with Crippen molar-refractivity contribution < 1.29 is 29.3 Å². The molecule has 7 nitrogen and oxygen atoms in total. The number of carbonyl (C=O) groups excluding carboxylic acids is 1. The Labute approximate surface area is 179 Å². The molecule has 0 aromatic heterocycles. The van der Waals surface area contributed by atoms with Crippen LogP contribution in [0.4, 0.5) is 0 Å². The number of ether oxygens (including phenoxy) is 2. The topological polar surface area (TPSA) is 105 Å². The number of aromatic hydroxyl groups is 1. The molecule has 0 bridgehead atoms. The lowest BCUT2D eigenvalue weighted by Crippen LogP contribution is -2.27. The van der Waals surface area contributed by atoms with E-state index in [0.717, 1.165) is 11.3 Å². The third-order valence-corrected chi connectivity index (χ3v) is 4.36. The summed E-state index contributed by atoms with van der Waals surface area (Å²) in [4.78, 5) is 23.8. The number of phenolic OH excluding ortho intramolecular Hbond substituents is 1. The van der Waals surface area contributed by atoms with E-state index < -0.39 is 11.9 Å². The van der Waals surface area contributed by atoms with Crippen molar-refractivity contribution in [3.8, 4) is 17.2 Å². The molecule has 0 aliphatic heterocycles. The predicted octanol–water partition coefficient (Wildman–Crippen LogP) is 3.84. The van der Waals surface area contributed by atoms with Gasteiger partial charge in [-0.2, -0.15) is 0 Å². The summed E-state index contributed by atoms with van der Waals surface area (Å²) in [5.41, 5.74) is 1.17. The van der Waals surface area contributed by atoms with Crippen molar-refractivity contribution >= 4 is 18.0 Å². The first kappa shape index (κ1) is 21.4. The second-order valence-corrected chi connectivity index (χ2v) is 6.54. The molecule has 1 amide bonds. The Morgan fingerprint density at radius 3 is 2.39 bits per heavy atom. The number of aliphatic carboxylic acids is 1. The van der Waals surface area contributed by atoms with Crippen molar-refractivity contribution in [1.82, 2.24) is 5.32 Å². The van der Waals surface area contributed by atoms with Crippen LogP contribution in [0.3, 0.4) is 0 Å². The fourth-order valence-electron chi connectivity index (χ4n) is 2.76. The van der Waals surface area contributed by atoms with Crippen LogP contribution in [-0.4, -0.2) is 29.2 Å². The largest absolute Gasteiger partial charge is 0.507 e. The van der Waals surface area contributed by atoms with E-state index in [0.29, 0.717) is 17.9 Å². The van der Waals surface area contributed by atoms with Gasteiger partial charge in [-0.25, -0.2) is 4.79 Å². The molecule has 31 heavy (non-hydrogen) atoms. The summed E-state index contributed by atoms with van der Waals surface area (Å²) in [5, 5.41) is 21.5. The molecule has 0 saturated carbocycles. The molecule has 3 rings (SSSR count). The van der Waals surface area contributed by atoms with Crippen molar-refractivity contribution in [1.29, 1.82) is 0 Å². The number of carboxylic acids is 1. The van der Waals surface area contributed by atoms with Crippen LogP contribution in [0, 0.1) is 0 Å². The number of rotatable bonds is 8. The first-order valence-corrected chi connectivity index (χ1v) is 9.36. The van der Waals surface area contributed by atoms with Crippen LogP contribution in [-0.2, 0) is 11.4 Å². The zero-order chi connectivity index (χ0) is 22.2. The highest BCUT2D eigenvalue weighted by molar-refractivity contribution is 6.04. The maximum Gasteiger partial charge on any atom is 0.352 e. The smallest absolute Gasteiger partial charge is 0.352 e. The fourth-order valence-corrected chi connectivity index (χ4v) is 2.76. The number of benzene rings is 3. The molecular weight excluding hydrogens is 398 g/mol. The minimum absolute atomic E-state index is 0.0176. The van der Waals surface area contributed by atoms with Crippen LogP contribution in [0.1, 0.15) is 21.5 Å². The molecule has 0 saturated heterocycles. The number of carbonyl (C=O) groups is 2. The average molecular weight is 419 g/mol. The number of phenols is 1. The molecule has 3 N–H and O–H groups in total. The highest BCUT2D eigenvalue weighted by atomic mass is 16.5. The van der Waals surface area contributed by atoms with Crippen LogP contribution in [0.25, 0.3) is 6.08 Å². The normalized spacial score (nSPS) is 10.9. The van der Waals surface area contributed by atoms with E-state index >= 15 is 0 Å². The quantitative estimate of drug-likeness (QED) is 0.479. The van der Waals surface area contributed by atoms with Gasteiger partial charge < -0.3 is 25.0 Å². The first-order chi connectivity index (χ1) is 15.0. The lowest BCUT2D eigenvalue weighted by atomic mass is 10.1. The second kappa shape index (κ2) is 9.98. The van der Waals surface area contributed by atoms with E-state index in [-0.39, 0.29) is 17.0 Å². The van der Waals surface area contributed by atoms with Gasteiger partial charge in [-0.05, 0) is 53.6 Å². The number of para-hydroxylation sites is 1. The number of nitrogens with one attached hydrogen (secondary N) is 1. The van der Waals surface area contributed by atoms with Crippen molar-refractivity contribution in [3.63, 3.8) is 0 Å². The molecule has 0 spiro atoms. The van der Waals surface area contributed by atoms with E-state index in [1.54, 1.807) is 43.5 Å². The number of amides is 1. The molecule has 0 heterocycles. The average Bonchev–Trinajstić information content (AvgIpc) is 2.78. The molecular formula is C24H21NO6. The van der Waals surface area contributed by atoms with Gasteiger partial charge in [0.15, 0.2) is 0 Å². The Kier molecular flexibility index (Phi) is 6.90. The van der Waals surface area contributed by atoms with Crippen LogP contribution in [0.5, 0.6) is 17.2 Å². The van der Waals surface area contributed by atoms with Gasteiger partial charge in [0.2, 0.25) is 0 Å². The monoisotopic (exact) mass is 419 g/mol. The van der Waals surface area contributed by atoms with Gasteiger partial charge in [-0.3, -0.25) is 4.79 Å². The maximum absolute atomic E-state index is 12.3. The number of hydrogen-bond donors (Lipinski definition) is 3. The standard InChI is InChI=1S/C24H21NO6/c1-30-19-6-4-5-17(13-19)15-31-18-11-9-16(10-12-18)14-21(24(28)29)25-23(27)20-7-2-3-8-22(20)26/h2-14,26H,15H2,1H3,(H,25,27)(H,28,29). The van der Waals surface area contributed by atoms with Crippen molar-refractivity contribution in [2.45, 2.75) is 6.61 Å². The Bertz CT molecular complexity index is 1110. The molecule has 0 atom stereocenters. The minimum atomic E-state index is -1.30. The van der Waals surface area contributed by atoms with Crippen molar-refractivity contribution in [2.75, 3.05) is 7.11 Å².